The molecule has 84 valence electrons. The van der Waals surface area contributed by atoms with Crippen LogP contribution in [0.4, 0.5) is 13.2 Å². The summed E-state index contributed by atoms with van der Waals surface area (Å²) < 4.78 is 38.3. The van der Waals surface area contributed by atoms with Gasteiger partial charge in [-0.1, -0.05) is 41.9 Å². The molecule has 0 aliphatic rings. The van der Waals surface area contributed by atoms with Crippen molar-refractivity contribution in [3.8, 4) is 0 Å². The lowest BCUT2D eigenvalue weighted by Gasteiger charge is -2.17. The third-order valence-corrected chi connectivity index (χ3v) is 2.55. The summed E-state index contributed by atoms with van der Waals surface area (Å²) in [5.74, 6) is 0. The third-order valence-electron chi connectivity index (χ3n) is 2.15. The third kappa shape index (κ3) is 1.93. The Labute approximate surface area is 95.1 Å². The first kappa shape index (κ1) is 11.1. The maximum Gasteiger partial charge on any atom is 0.437 e. The average Bonchev–Trinajstić information content (AvgIpc) is 2.26. The van der Waals surface area contributed by atoms with Crippen LogP contribution in [0, 0.1) is 5.50 Å². The fourth-order valence-corrected chi connectivity index (χ4v) is 1.62. The molecule has 5 heteroatoms. The summed E-state index contributed by atoms with van der Waals surface area (Å²) in [5, 5.41) is 0.701. The van der Waals surface area contributed by atoms with Crippen molar-refractivity contribution in [1.29, 1.82) is 0 Å². The number of alkyl halides is 3. The van der Waals surface area contributed by atoms with E-state index in [1.165, 1.54) is 12.3 Å². The summed E-state index contributed by atoms with van der Waals surface area (Å²) in [6.45, 7) is 0. The van der Waals surface area contributed by atoms with E-state index in [4.69, 9.17) is 11.6 Å². The number of benzene rings is 1. The van der Waals surface area contributed by atoms with Crippen LogP contribution in [-0.4, -0.2) is 6.18 Å². The predicted molar refractivity (Wildman–Crippen MR) is 54.7 cm³/mol. The zero-order valence-corrected chi connectivity index (χ0v) is 8.76. The monoisotopic (exact) mass is 245 g/mol. The van der Waals surface area contributed by atoms with Crippen molar-refractivity contribution in [3.05, 3.63) is 48.1 Å². The van der Waals surface area contributed by atoms with E-state index in [-0.39, 0.29) is 0 Å². The second-order valence-electron chi connectivity index (χ2n) is 3.23. The van der Waals surface area contributed by atoms with E-state index in [1.54, 1.807) is 30.3 Å². The highest BCUT2D eigenvalue weighted by molar-refractivity contribution is 6.26. The van der Waals surface area contributed by atoms with E-state index in [2.05, 4.69) is 0 Å². The number of para-hydroxylation sites is 1. The van der Waals surface area contributed by atoms with Gasteiger partial charge in [-0.05, 0) is 11.5 Å². The first-order valence-corrected chi connectivity index (χ1v) is 4.87. The van der Waals surface area contributed by atoms with Crippen LogP contribution in [0.25, 0.3) is 10.9 Å². The molecular weight excluding hydrogens is 239 g/mol. The summed E-state index contributed by atoms with van der Waals surface area (Å²) in [7, 11) is 0. The zero-order valence-electron chi connectivity index (χ0n) is 8.00. The Morgan fingerprint density at radius 2 is 1.69 bits per heavy atom. The van der Waals surface area contributed by atoms with Crippen molar-refractivity contribution in [2.24, 2.45) is 0 Å². The molecule has 2 aromatic rings. The number of rotatable bonds is 1. The molecule has 16 heavy (non-hydrogen) atoms. The molecule has 0 unspecified atom stereocenters. The van der Waals surface area contributed by atoms with Crippen LogP contribution in [0.1, 0.15) is 0 Å². The number of halogens is 4. The van der Waals surface area contributed by atoms with Gasteiger partial charge in [-0.2, -0.15) is 13.2 Å². The summed E-state index contributed by atoms with van der Waals surface area (Å²) in [4.78, 5) is 0. The molecule has 0 N–H and O–H groups in total. The Kier molecular flexibility index (Phi) is 2.68. The highest BCUT2D eigenvalue weighted by Gasteiger charge is 2.41. The van der Waals surface area contributed by atoms with Crippen molar-refractivity contribution in [1.82, 2.24) is 0 Å². The second kappa shape index (κ2) is 3.87. The molecule has 0 aliphatic carbocycles. The first-order valence-electron chi connectivity index (χ1n) is 4.49. The van der Waals surface area contributed by atoms with Gasteiger partial charge in [-0.15, -0.1) is 0 Å². The number of fused-ring (bicyclic) bond motifs is 1. The van der Waals surface area contributed by atoms with Gasteiger partial charge in [-0.25, -0.2) is 0 Å². The molecule has 0 radical (unpaired) electrons. The van der Waals surface area contributed by atoms with Gasteiger partial charge in [0.2, 0.25) is 0 Å². The van der Waals surface area contributed by atoms with E-state index in [0.717, 1.165) is 4.57 Å². The summed E-state index contributed by atoms with van der Waals surface area (Å²) in [6, 6.07) is 9.99. The van der Waals surface area contributed by atoms with Crippen molar-refractivity contribution in [3.63, 3.8) is 0 Å². The van der Waals surface area contributed by atoms with Crippen molar-refractivity contribution in [2.45, 2.75) is 6.18 Å². The van der Waals surface area contributed by atoms with Crippen LogP contribution in [0.2, 0.25) is 0 Å². The Bertz CT molecular complexity index is 505. The molecule has 0 saturated carbocycles. The molecule has 2 rings (SSSR count). The smallest absolute Gasteiger partial charge is 0.306 e. The van der Waals surface area contributed by atoms with Crippen LogP contribution >= 0.6 is 11.6 Å². The SMILES string of the molecule is FC(F)(F)[C-](Cl)[n+]1cccc2ccccc21. The van der Waals surface area contributed by atoms with Gasteiger partial charge in [0.25, 0.3) is 5.50 Å². The second-order valence-corrected chi connectivity index (χ2v) is 3.58. The zero-order chi connectivity index (χ0) is 11.8. The summed E-state index contributed by atoms with van der Waals surface area (Å²) in [5.41, 5.74) is -0.739. The number of nitrogens with zero attached hydrogens (tertiary/aromatic N) is 1. The van der Waals surface area contributed by atoms with Gasteiger partial charge in [0, 0.05) is 0 Å². The molecule has 0 amide bonds. The lowest BCUT2D eigenvalue weighted by molar-refractivity contribution is -0.638. The largest absolute Gasteiger partial charge is 0.437 e. The maximum absolute atomic E-state index is 12.5. The lowest BCUT2D eigenvalue weighted by Crippen LogP contribution is -2.45. The van der Waals surface area contributed by atoms with E-state index in [1.807, 2.05) is 0 Å². The lowest BCUT2D eigenvalue weighted by atomic mass is 10.2. The minimum atomic E-state index is -4.55. The van der Waals surface area contributed by atoms with Crippen LogP contribution in [-0.2, 0) is 0 Å². The van der Waals surface area contributed by atoms with Crippen molar-refractivity contribution in [2.75, 3.05) is 0 Å². The van der Waals surface area contributed by atoms with Crippen LogP contribution < -0.4 is 4.57 Å². The minimum Gasteiger partial charge on any atom is -0.306 e. The van der Waals surface area contributed by atoms with Crippen LogP contribution in [0.3, 0.4) is 0 Å². The number of pyridine rings is 1. The van der Waals surface area contributed by atoms with Crippen molar-refractivity contribution < 1.29 is 17.7 Å². The molecule has 1 heterocycles. The van der Waals surface area contributed by atoms with Gasteiger partial charge in [0.15, 0.2) is 0 Å². The Morgan fingerprint density at radius 1 is 1.06 bits per heavy atom. The van der Waals surface area contributed by atoms with E-state index >= 15 is 0 Å². The van der Waals surface area contributed by atoms with Gasteiger partial charge in [-0.3, -0.25) is 0 Å². The fraction of sp³-hybridized carbons (Fsp3) is 0.0909. The molecule has 0 atom stereocenters. The molecule has 0 fully saturated rings. The Hall–Kier alpha value is -1.42. The molecule has 0 saturated heterocycles. The van der Waals surface area contributed by atoms with Crippen LogP contribution in [0.5, 0.6) is 0 Å². The highest BCUT2D eigenvalue weighted by Crippen LogP contribution is 2.29. The predicted octanol–water partition coefficient (Wildman–Crippen LogP) is 3.27. The van der Waals surface area contributed by atoms with E-state index < -0.39 is 11.7 Å². The molecule has 0 spiro atoms. The van der Waals surface area contributed by atoms with E-state index in [0.29, 0.717) is 10.9 Å². The maximum atomic E-state index is 12.5. The van der Waals surface area contributed by atoms with Gasteiger partial charge < -0.3 is 4.57 Å². The quantitative estimate of drug-likeness (QED) is 0.536. The van der Waals surface area contributed by atoms with Gasteiger partial charge >= 0.3 is 6.18 Å². The Balaban J connectivity index is 2.61. The highest BCUT2D eigenvalue weighted by atomic mass is 35.5. The van der Waals surface area contributed by atoms with Gasteiger partial charge in [0.05, 0.1) is 6.20 Å². The Morgan fingerprint density at radius 3 is 2.38 bits per heavy atom. The fourth-order valence-electron chi connectivity index (χ4n) is 1.47. The average molecular weight is 246 g/mol. The summed E-state index contributed by atoms with van der Waals surface area (Å²) in [6.07, 6.45) is -3.26. The number of hydrogen-bond donors (Lipinski definition) is 0. The molecule has 1 aromatic carbocycles. The topological polar surface area (TPSA) is 3.88 Å². The summed E-state index contributed by atoms with van der Waals surface area (Å²) >= 11 is 5.32. The molecule has 1 aromatic heterocycles. The molecule has 0 bridgehead atoms. The molecular formula is C11H7ClF3N. The molecule has 1 nitrogen and oxygen atoms in total. The van der Waals surface area contributed by atoms with E-state index in [9.17, 15) is 13.2 Å². The number of aromatic nitrogens is 1. The van der Waals surface area contributed by atoms with Gasteiger partial charge in [0.1, 0.15) is 5.52 Å². The number of hydrogen-bond acceptors (Lipinski definition) is 0. The normalized spacial score (nSPS) is 11.8. The van der Waals surface area contributed by atoms with Crippen molar-refractivity contribution >= 4 is 22.5 Å². The first-order chi connectivity index (χ1) is 7.50. The standard InChI is InChI=1S/C11H7ClF3N/c12-10(11(13,14)15)16-7-3-5-8-4-1-2-6-9(8)16/h1-7H. The molecule has 0 aliphatic heterocycles. The van der Waals surface area contributed by atoms with Crippen LogP contribution in [0.15, 0.2) is 42.6 Å². The minimum absolute atomic E-state index is 0.423.